The molecule has 3 rings (SSSR count). The summed E-state index contributed by atoms with van der Waals surface area (Å²) in [7, 11) is 0. The predicted octanol–water partition coefficient (Wildman–Crippen LogP) is 1.50. The van der Waals surface area contributed by atoms with Crippen LogP contribution in [0.1, 0.15) is 21.9 Å². The lowest BCUT2D eigenvalue weighted by molar-refractivity contribution is -0.131. The third kappa shape index (κ3) is 3.13. The quantitative estimate of drug-likeness (QED) is 0.820. The third-order valence-corrected chi connectivity index (χ3v) is 3.39. The van der Waals surface area contributed by atoms with Crippen molar-refractivity contribution in [3.63, 3.8) is 0 Å². The van der Waals surface area contributed by atoms with E-state index in [4.69, 9.17) is 13.9 Å². The van der Waals surface area contributed by atoms with E-state index in [1.165, 1.54) is 0 Å². The Kier molecular flexibility index (Phi) is 3.92. The van der Waals surface area contributed by atoms with Gasteiger partial charge in [-0.3, -0.25) is 20.4 Å². The number of hydrogen-bond acceptors (Lipinski definition) is 5. The lowest BCUT2D eigenvalue weighted by atomic mass is 10.2. The maximum Gasteiger partial charge on any atom is 0.283 e. The SMILES string of the molecule is Cc1cc(C(=O)NNC(=O)[C@H]2COc3ccccc3O2)c(C)o1. The summed E-state index contributed by atoms with van der Waals surface area (Å²) in [6.07, 6.45) is -0.836. The van der Waals surface area contributed by atoms with Crippen LogP contribution in [-0.2, 0) is 4.79 Å². The van der Waals surface area contributed by atoms with Gasteiger partial charge in [0, 0.05) is 0 Å². The number of ether oxygens (including phenoxy) is 2. The smallest absolute Gasteiger partial charge is 0.283 e. The van der Waals surface area contributed by atoms with Crippen molar-refractivity contribution >= 4 is 11.8 Å². The molecule has 1 aliphatic rings. The number of hydrogen-bond donors (Lipinski definition) is 2. The summed E-state index contributed by atoms with van der Waals surface area (Å²) in [6, 6.07) is 8.68. The molecule has 1 aromatic carbocycles. The number of carbonyl (C=O) groups excluding carboxylic acids is 2. The topological polar surface area (TPSA) is 89.8 Å². The van der Waals surface area contributed by atoms with Crippen molar-refractivity contribution in [1.29, 1.82) is 0 Å². The van der Waals surface area contributed by atoms with Crippen LogP contribution in [-0.4, -0.2) is 24.5 Å². The second-order valence-corrected chi connectivity index (χ2v) is 5.13. The van der Waals surface area contributed by atoms with Gasteiger partial charge >= 0.3 is 0 Å². The molecule has 0 unspecified atom stereocenters. The molecular weight excluding hydrogens is 300 g/mol. The van der Waals surface area contributed by atoms with E-state index < -0.39 is 17.9 Å². The summed E-state index contributed by atoms with van der Waals surface area (Å²) in [5, 5.41) is 0. The molecule has 0 fully saturated rings. The molecule has 0 spiro atoms. The van der Waals surface area contributed by atoms with Gasteiger partial charge in [-0.25, -0.2) is 0 Å². The fourth-order valence-electron chi connectivity index (χ4n) is 2.27. The summed E-state index contributed by atoms with van der Waals surface area (Å²) < 4.78 is 16.3. The van der Waals surface area contributed by atoms with Gasteiger partial charge < -0.3 is 13.9 Å². The van der Waals surface area contributed by atoms with Crippen LogP contribution in [0, 0.1) is 13.8 Å². The third-order valence-electron chi connectivity index (χ3n) is 3.39. The zero-order chi connectivity index (χ0) is 16.4. The minimum absolute atomic E-state index is 0.0720. The largest absolute Gasteiger partial charge is 0.485 e. The fourth-order valence-corrected chi connectivity index (χ4v) is 2.27. The summed E-state index contributed by atoms with van der Waals surface area (Å²) in [6.45, 7) is 3.49. The Hall–Kier alpha value is -2.96. The van der Waals surface area contributed by atoms with E-state index in [0.29, 0.717) is 28.6 Å². The monoisotopic (exact) mass is 316 g/mol. The minimum Gasteiger partial charge on any atom is -0.485 e. The molecule has 1 atom stereocenters. The average molecular weight is 316 g/mol. The first kappa shape index (κ1) is 15.0. The van der Waals surface area contributed by atoms with Gasteiger partial charge in [-0.2, -0.15) is 0 Å². The van der Waals surface area contributed by atoms with E-state index in [2.05, 4.69) is 10.9 Å². The zero-order valence-electron chi connectivity index (χ0n) is 12.7. The van der Waals surface area contributed by atoms with Gasteiger partial charge in [0.25, 0.3) is 11.8 Å². The number of nitrogens with one attached hydrogen (secondary N) is 2. The molecule has 7 nitrogen and oxygen atoms in total. The van der Waals surface area contributed by atoms with Crippen LogP contribution in [0.4, 0.5) is 0 Å². The van der Waals surface area contributed by atoms with E-state index in [0.717, 1.165) is 0 Å². The maximum atomic E-state index is 12.1. The Balaban J connectivity index is 1.58. The van der Waals surface area contributed by atoms with Crippen molar-refractivity contribution in [3.8, 4) is 11.5 Å². The molecule has 2 aromatic rings. The van der Waals surface area contributed by atoms with Gasteiger partial charge in [0.1, 0.15) is 18.1 Å². The molecule has 1 aromatic heterocycles. The van der Waals surface area contributed by atoms with Crippen LogP contribution in [0.15, 0.2) is 34.7 Å². The number of furan rings is 1. The summed E-state index contributed by atoms with van der Waals surface area (Å²) in [4.78, 5) is 24.1. The first-order chi connectivity index (χ1) is 11.0. The Morgan fingerprint density at radius 1 is 1.13 bits per heavy atom. The van der Waals surface area contributed by atoms with Crippen molar-refractivity contribution in [2.75, 3.05) is 6.61 Å². The highest BCUT2D eigenvalue weighted by Crippen LogP contribution is 2.30. The number of fused-ring (bicyclic) bond motifs is 1. The highest BCUT2D eigenvalue weighted by Gasteiger charge is 2.27. The molecule has 23 heavy (non-hydrogen) atoms. The Labute approximate surface area is 132 Å². The first-order valence-corrected chi connectivity index (χ1v) is 7.10. The first-order valence-electron chi connectivity index (χ1n) is 7.10. The molecule has 2 N–H and O–H groups in total. The maximum absolute atomic E-state index is 12.1. The fraction of sp³-hybridized carbons (Fsp3) is 0.250. The summed E-state index contributed by atoms with van der Waals surface area (Å²) in [5.74, 6) is 1.24. The van der Waals surface area contributed by atoms with Crippen LogP contribution in [0.25, 0.3) is 0 Å². The van der Waals surface area contributed by atoms with Gasteiger partial charge in [0.05, 0.1) is 5.56 Å². The van der Waals surface area contributed by atoms with Crippen molar-refractivity contribution < 1.29 is 23.5 Å². The van der Waals surface area contributed by atoms with Gasteiger partial charge in [-0.15, -0.1) is 0 Å². The number of rotatable bonds is 2. The number of aryl methyl sites for hydroxylation is 2. The molecule has 0 saturated heterocycles. The second-order valence-electron chi connectivity index (χ2n) is 5.13. The van der Waals surface area contributed by atoms with Crippen LogP contribution in [0.5, 0.6) is 11.5 Å². The highest BCUT2D eigenvalue weighted by molar-refractivity contribution is 5.96. The van der Waals surface area contributed by atoms with Crippen molar-refractivity contribution in [2.24, 2.45) is 0 Å². The Morgan fingerprint density at radius 2 is 1.87 bits per heavy atom. The number of benzene rings is 1. The van der Waals surface area contributed by atoms with Crippen molar-refractivity contribution in [2.45, 2.75) is 20.0 Å². The molecule has 0 saturated carbocycles. The lowest BCUT2D eigenvalue weighted by Crippen LogP contribution is -2.50. The van der Waals surface area contributed by atoms with Gasteiger partial charge in [-0.05, 0) is 32.0 Å². The molecule has 0 bridgehead atoms. The second kappa shape index (κ2) is 6.04. The van der Waals surface area contributed by atoms with Gasteiger partial charge in [-0.1, -0.05) is 12.1 Å². The highest BCUT2D eigenvalue weighted by atomic mass is 16.6. The van der Waals surface area contributed by atoms with Crippen molar-refractivity contribution in [3.05, 3.63) is 47.4 Å². The Bertz CT molecular complexity index is 753. The molecular formula is C16H16N2O5. The van der Waals surface area contributed by atoms with Crippen molar-refractivity contribution in [1.82, 2.24) is 10.9 Å². The molecule has 1 aliphatic heterocycles. The number of para-hydroxylation sites is 2. The molecule has 120 valence electrons. The summed E-state index contributed by atoms with van der Waals surface area (Å²) in [5.41, 5.74) is 5.04. The van der Waals surface area contributed by atoms with Crippen LogP contribution in [0.3, 0.4) is 0 Å². The van der Waals surface area contributed by atoms with E-state index in [9.17, 15) is 9.59 Å². The van der Waals surface area contributed by atoms with Crippen LogP contribution in [0.2, 0.25) is 0 Å². The minimum atomic E-state index is -0.836. The van der Waals surface area contributed by atoms with E-state index in [1.54, 1.807) is 38.1 Å². The average Bonchev–Trinajstić information content (AvgIpc) is 2.90. The van der Waals surface area contributed by atoms with E-state index >= 15 is 0 Å². The molecule has 0 aliphatic carbocycles. The van der Waals surface area contributed by atoms with E-state index in [-0.39, 0.29) is 6.61 Å². The predicted molar refractivity (Wildman–Crippen MR) is 80.1 cm³/mol. The number of hydrazine groups is 1. The lowest BCUT2D eigenvalue weighted by Gasteiger charge is -2.25. The molecule has 2 heterocycles. The van der Waals surface area contributed by atoms with Gasteiger partial charge in [0.15, 0.2) is 11.5 Å². The molecule has 0 radical (unpaired) electrons. The zero-order valence-corrected chi connectivity index (χ0v) is 12.7. The van der Waals surface area contributed by atoms with Crippen LogP contribution >= 0.6 is 0 Å². The normalized spacial score (nSPS) is 15.8. The standard InChI is InChI=1S/C16H16N2O5/c1-9-7-11(10(2)22-9)15(19)17-18-16(20)14-8-21-12-5-3-4-6-13(12)23-14/h3-7,14H,8H2,1-2H3,(H,17,19)(H,18,20)/t14-/m1/s1. The molecule has 2 amide bonds. The van der Waals surface area contributed by atoms with E-state index in [1.807, 2.05) is 6.07 Å². The van der Waals surface area contributed by atoms with Crippen LogP contribution < -0.4 is 20.3 Å². The molecule has 7 heteroatoms. The number of amides is 2. The Morgan fingerprint density at radius 3 is 2.57 bits per heavy atom. The number of carbonyl (C=O) groups is 2. The van der Waals surface area contributed by atoms with Gasteiger partial charge in [0.2, 0.25) is 6.10 Å². The summed E-state index contributed by atoms with van der Waals surface area (Å²) >= 11 is 0.